The zero-order valence-corrected chi connectivity index (χ0v) is 12.7. The molecular formula is C13H23ClN4O. The molecule has 1 amide bonds. The number of amides is 1. The molecule has 1 aromatic rings. The third-order valence-corrected chi connectivity index (χ3v) is 3.63. The monoisotopic (exact) mass is 286 g/mol. The van der Waals surface area contributed by atoms with Gasteiger partial charge in [-0.25, -0.2) is 0 Å². The van der Waals surface area contributed by atoms with Gasteiger partial charge in [-0.2, -0.15) is 5.10 Å². The van der Waals surface area contributed by atoms with Crippen LogP contribution in [0.3, 0.4) is 0 Å². The highest BCUT2D eigenvalue weighted by molar-refractivity contribution is 5.92. The number of hydrogen-bond donors (Lipinski definition) is 1. The summed E-state index contributed by atoms with van der Waals surface area (Å²) in [5.74, 6) is 0.636. The van der Waals surface area contributed by atoms with Crippen LogP contribution in [0.5, 0.6) is 0 Å². The summed E-state index contributed by atoms with van der Waals surface area (Å²) in [7, 11) is 3.83. The van der Waals surface area contributed by atoms with Crippen LogP contribution in [0.25, 0.3) is 0 Å². The number of likely N-dealkylation sites (tertiary alicyclic amines) is 1. The van der Waals surface area contributed by atoms with Gasteiger partial charge in [-0.3, -0.25) is 9.48 Å². The van der Waals surface area contributed by atoms with Crippen LogP contribution in [0, 0.1) is 12.8 Å². The van der Waals surface area contributed by atoms with Gasteiger partial charge >= 0.3 is 0 Å². The van der Waals surface area contributed by atoms with Crippen LogP contribution in [0.2, 0.25) is 0 Å². The van der Waals surface area contributed by atoms with E-state index in [-0.39, 0.29) is 18.3 Å². The predicted octanol–water partition coefficient (Wildman–Crippen LogP) is 1.22. The Morgan fingerprint density at radius 3 is 2.89 bits per heavy atom. The number of carbonyl (C=O) groups excluding carboxylic acids is 1. The van der Waals surface area contributed by atoms with Gasteiger partial charge in [-0.15, -0.1) is 12.4 Å². The van der Waals surface area contributed by atoms with Crippen LogP contribution in [-0.2, 0) is 7.05 Å². The Hall–Kier alpha value is -1.07. The number of hydrogen-bond acceptors (Lipinski definition) is 3. The van der Waals surface area contributed by atoms with Gasteiger partial charge in [0.1, 0.15) is 0 Å². The first kappa shape index (κ1) is 16.0. The number of nitrogens with one attached hydrogen (secondary N) is 1. The lowest BCUT2D eigenvalue weighted by Gasteiger charge is -2.32. The Kier molecular flexibility index (Phi) is 5.82. The Labute approximate surface area is 120 Å². The van der Waals surface area contributed by atoms with Crippen LogP contribution in [-0.4, -0.2) is 47.3 Å². The van der Waals surface area contributed by atoms with Crippen molar-refractivity contribution < 1.29 is 4.79 Å². The number of piperidine rings is 1. The van der Waals surface area contributed by atoms with Gasteiger partial charge in [0.05, 0.1) is 0 Å². The summed E-state index contributed by atoms with van der Waals surface area (Å²) >= 11 is 0. The summed E-state index contributed by atoms with van der Waals surface area (Å²) in [6, 6.07) is 1.87. The highest BCUT2D eigenvalue weighted by Crippen LogP contribution is 2.18. The number of halogens is 1. The summed E-state index contributed by atoms with van der Waals surface area (Å²) in [6.07, 6.45) is 2.29. The molecule has 0 spiro atoms. The Morgan fingerprint density at radius 2 is 2.32 bits per heavy atom. The van der Waals surface area contributed by atoms with Crippen molar-refractivity contribution in [3.63, 3.8) is 0 Å². The summed E-state index contributed by atoms with van der Waals surface area (Å²) in [6.45, 7) is 4.64. The molecule has 1 fully saturated rings. The fourth-order valence-corrected chi connectivity index (χ4v) is 2.53. The van der Waals surface area contributed by atoms with E-state index >= 15 is 0 Å². The molecule has 1 aliphatic heterocycles. The van der Waals surface area contributed by atoms with Crippen molar-refractivity contribution in [2.24, 2.45) is 13.0 Å². The second kappa shape index (κ2) is 6.91. The molecular weight excluding hydrogens is 264 g/mol. The van der Waals surface area contributed by atoms with E-state index in [1.165, 1.54) is 6.42 Å². The largest absolute Gasteiger partial charge is 0.337 e. The predicted molar refractivity (Wildman–Crippen MR) is 77.7 cm³/mol. The SMILES string of the molecule is CNCC1CCCN(C(=O)c2cc(C)n(C)n2)C1.Cl. The van der Waals surface area contributed by atoms with E-state index in [2.05, 4.69) is 10.4 Å². The molecule has 108 valence electrons. The van der Waals surface area contributed by atoms with Crippen LogP contribution in [0.15, 0.2) is 6.07 Å². The molecule has 1 atom stereocenters. The van der Waals surface area contributed by atoms with E-state index in [0.29, 0.717) is 11.6 Å². The lowest BCUT2D eigenvalue weighted by molar-refractivity contribution is 0.0667. The number of rotatable bonds is 3. The summed E-state index contributed by atoms with van der Waals surface area (Å²) in [4.78, 5) is 14.3. The van der Waals surface area contributed by atoms with Gasteiger partial charge in [0.2, 0.25) is 0 Å². The van der Waals surface area contributed by atoms with Crippen molar-refractivity contribution >= 4 is 18.3 Å². The number of nitrogens with zero attached hydrogens (tertiary/aromatic N) is 3. The van der Waals surface area contributed by atoms with Crippen LogP contribution in [0.1, 0.15) is 29.0 Å². The molecule has 1 aliphatic rings. The quantitative estimate of drug-likeness (QED) is 0.909. The highest BCUT2D eigenvalue weighted by Gasteiger charge is 2.25. The van der Waals surface area contributed by atoms with Crippen molar-refractivity contribution in [3.05, 3.63) is 17.5 Å². The Morgan fingerprint density at radius 1 is 1.58 bits per heavy atom. The molecule has 1 unspecified atom stereocenters. The van der Waals surface area contributed by atoms with Crippen LogP contribution in [0.4, 0.5) is 0 Å². The van der Waals surface area contributed by atoms with Crippen LogP contribution < -0.4 is 5.32 Å². The maximum Gasteiger partial charge on any atom is 0.274 e. The van der Waals surface area contributed by atoms with Crippen molar-refractivity contribution in [3.8, 4) is 0 Å². The normalized spacial score (nSPS) is 19.1. The minimum Gasteiger partial charge on any atom is -0.337 e. The Balaban J connectivity index is 0.00000180. The molecule has 5 nitrogen and oxygen atoms in total. The molecule has 0 aromatic carbocycles. The molecule has 1 N–H and O–H groups in total. The lowest BCUT2D eigenvalue weighted by Crippen LogP contribution is -2.42. The van der Waals surface area contributed by atoms with Crippen molar-refractivity contribution in [2.45, 2.75) is 19.8 Å². The molecule has 2 heterocycles. The molecule has 0 saturated carbocycles. The fourth-order valence-electron chi connectivity index (χ4n) is 2.53. The molecule has 0 radical (unpaired) electrons. The summed E-state index contributed by atoms with van der Waals surface area (Å²) in [5.41, 5.74) is 1.59. The van der Waals surface area contributed by atoms with E-state index in [4.69, 9.17) is 0 Å². The molecule has 0 bridgehead atoms. The standard InChI is InChI=1S/C13H22N4O.ClH/c1-10-7-12(15-16(10)3)13(18)17-6-4-5-11(9-17)8-14-2;/h7,11,14H,4-6,8-9H2,1-3H3;1H. The molecule has 2 rings (SSSR count). The second-order valence-corrected chi connectivity index (χ2v) is 5.11. The van der Waals surface area contributed by atoms with E-state index in [0.717, 1.165) is 31.7 Å². The second-order valence-electron chi connectivity index (χ2n) is 5.11. The number of aromatic nitrogens is 2. The average molecular weight is 287 g/mol. The van der Waals surface area contributed by atoms with Gasteiger partial charge < -0.3 is 10.2 Å². The van der Waals surface area contributed by atoms with Crippen molar-refractivity contribution in [1.82, 2.24) is 20.0 Å². The van der Waals surface area contributed by atoms with E-state index in [1.54, 1.807) is 4.68 Å². The third-order valence-electron chi connectivity index (χ3n) is 3.63. The summed E-state index contributed by atoms with van der Waals surface area (Å²) < 4.78 is 1.75. The fraction of sp³-hybridized carbons (Fsp3) is 0.692. The zero-order chi connectivity index (χ0) is 13.1. The molecule has 19 heavy (non-hydrogen) atoms. The van der Waals surface area contributed by atoms with Crippen molar-refractivity contribution in [2.75, 3.05) is 26.7 Å². The smallest absolute Gasteiger partial charge is 0.274 e. The van der Waals surface area contributed by atoms with Gasteiger partial charge in [-0.1, -0.05) is 0 Å². The zero-order valence-electron chi connectivity index (χ0n) is 11.8. The molecule has 1 saturated heterocycles. The first-order valence-electron chi connectivity index (χ1n) is 6.56. The average Bonchev–Trinajstić information content (AvgIpc) is 2.69. The Bertz CT molecular complexity index is 411. The minimum atomic E-state index is 0. The van der Waals surface area contributed by atoms with Gasteiger partial charge in [-0.05, 0) is 45.3 Å². The third kappa shape index (κ3) is 3.70. The molecule has 0 aliphatic carbocycles. The van der Waals surface area contributed by atoms with Gasteiger partial charge in [0.15, 0.2) is 5.69 Å². The van der Waals surface area contributed by atoms with Gasteiger partial charge in [0.25, 0.3) is 5.91 Å². The summed E-state index contributed by atoms with van der Waals surface area (Å²) in [5, 5.41) is 7.46. The topological polar surface area (TPSA) is 50.2 Å². The first-order valence-corrected chi connectivity index (χ1v) is 6.56. The van der Waals surface area contributed by atoms with E-state index in [1.807, 2.05) is 32.0 Å². The molecule has 1 aromatic heterocycles. The van der Waals surface area contributed by atoms with Gasteiger partial charge in [0, 0.05) is 25.8 Å². The number of carbonyl (C=O) groups is 1. The van der Waals surface area contributed by atoms with E-state index < -0.39 is 0 Å². The van der Waals surface area contributed by atoms with E-state index in [9.17, 15) is 4.79 Å². The van der Waals surface area contributed by atoms with Crippen LogP contribution >= 0.6 is 12.4 Å². The highest BCUT2D eigenvalue weighted by atomic mass is 35.5. The maximum atomic E-state index is 12.3. The first-order chi connectivity index (χ1) is 8.61. The number of aryl methyl sites for hydroxylation is 2. The molecule has 6 heteroatoms. The maximum absolute atomic E-state index is 12.3. The van der Waals surface area contributed by atoms with Crippen molar-refractivity contribution in [1.29, 1.82) is 0 Å². The lowest BCUT2D eigenvalue weighted by atomic mass is 9.98. The minimum absolute atomic E-state index is 0.